The van der Waals surface area contributed by atoms with Crippen molar-refractivity contribution in [3.05, 3.63) is 45.6 Å². The minimum atomic E-state index is -4.61. The Labute approximate surface area is 180 Å². The van der Waals surface area contributed by atoms with Gasteiger partial charge in [-0.1, -0.05) is 12.8 Å². The van der Waals surface area contributed by atoms with Gasteiger partial charge in [0.2, 0.25) is 0 Å². The monoisotopic (exact) mass is 460 g/mol. The third kappa shape index (κ3) is 5.10. The van der Waals surface area contributed by atoms with Gasteiger partial charge in [0.25, 0.3) is 0 Å². The molecule has 4 nitrogen and oxygen atoms in total. The number of hydrogen-bond acceptors (Lipinski definition) is 4. The number of esters is 1. The van der Waals surface area contributed by atoms with Gasteiger partial charge >= 0.3 is 12.1 Å². The van der Waals surface area contributed by atoms with E-state index >= 15 is 0 Å². The van der Waals surface area contributed by atoms with Crippen LogP contribution in [0.15, 0.2) is 18.2 Å². The Kier molecular flexibility index (Phi) is 6.97. The summed E-state index contributed by atoms with van der Waals surface area (Å²) < 4.78 is 57.7. The fourth-order valence-corrected chi connectivity index (χ4v) is 4.94. The topological polar surface area (TPSA) is 50.4 Å². The first-order valence-corrected chi connectivity index (χ1v) is 10.6. The van der Waals surface area contributed by atoms with Crippen LogP contribution < -0.4 is 10.6 Å². The van der Waals surface area contributed by atoms with Crippen LogP contribution in [-0.4, -0.2) is 18.2 Å². The number of aryl methyl sites for hydroxylation is 1. The maximum atomic E-state index is 14.0. The van der Waals surface area contributed by atoms with E-state index in [9.17, 15) is 22.4 Å². The molecule has 10 heteroatoms. The Balaban J connectivity index is 1.86. The lowest BCUT2D eigenvalue weighted by Gasteiger charge is -2.14. The molecule has 2 aromatic rings. The van der Waals surface area contributed by atoms with Crippen LogP contribution in [0, 0.1) is 5.82 Å². The SMILES string of the molecule is COC(=O)c1c(NC(=S)Nc2cc(C(F)(F)F)ccc2F)sc2c1CCCCCC2. The maximum Gasteiger partial charge on any atom is 0.416 e. The number of methoxy groups -OCH3 is 1. The lowest BCUT2D eigenvalue weighted by Crippen LogP contribution is -2.21. The fourth-order valence-electron chi connectivity index (χ4n) is 3.38. The lowest BCUT2D eigenvalue weighted by atomic mass is 9.96. The van der Waals surface area contributed by atoms with E-state index in [1.54, 1.807) is 0 Å². The van der Waals surface area contributed by atoms with Crippen LogP contribution in [0.25, 0.3) is 0 Å². The first-order valence-electron chi connectivity index (χ1n) is 9.38. The van der Waals surface area contributed by atoms with Gasteiger partial charge in [-0.15, -0.1) is 11.3 Å². The Bertz CT molecular complexity index is 957. The van der Waals surface area contributed by atoms with E-state index in [1.165, 1.54) is 18.4 Å². The number of rotatable bonds is 3. The number of alkyl halides is 3. The van der Waals surface area contributed by atoms with Gasteiger partial charge < -0.3 is 15.4 Å². The zero-order chi connectivity index (χ0) is 21.9. The van der Waals surface area contributed by atoms with Crippen LogP contribution in [0.4, 0.5) is 28.3 Å². The molecule has 1 aromatic carbocycles. The number of ether oxygens (including phenoxy) is 1. The number of thiophene rings is 1. The van der Waals surface area contributed by atoms with Gasteiger partial charge in [-0.05, 0) is 61.7 Å². The van der Waals surface area contributed by atoms with Gasteiger partial charge in [-0.3, -0.25) is 0 Å². The summed E-state index contributed by atoms with van der Waals surface area (Å²) in [7, 11) is 1.29. The zero-order valence-electron chi connectivity index (χ0n) is 16.1. The Morgan fingerprint density at radius 3 is 2.50 bits per heavy atom. The molecule has 1 aliphatic carbocycles. The summed E-state index contributed by atoms with van der Waals surface area (Å²) in [4.78, 5) is 13.5. The third-order valence-corrected chi connectivity index (χ3v) is 6.24. The van der Waals surface area contributed by atoms with Crippen LogP contribution in [0.2, 0.25) is 0 Å². The number of anilines is 2. The van der Waals surface area contributed by atoms with Crippen molar-refractivity contribution in [2.24, 2.45) is 0 Å². The molecule has 30 heavy (non-hydrogen) atoms. The van der Waals surface area contributed by atoms with Crippen molar-refractivity contribution < 1.29 is 27.1 Å². The molecule has 0 saturated carbocycles. The van der Waals surface area contributed by atoms with Gasteiger partial charge in [-0.25, -0.2) is 9.18 Å². The number of nitrogens with one attached hydrogen (secondary N) is 2. The molecule has 0 spiro atoms. The standard InChI is InChI=1S/C20H20F4N2O2S2/c1-28-18(27)16-12-6-4-2-3-5-7-15(12)30-17(16)26-19(29)25-14-10-11(20(22,23)24)8-9-13(14)21/h8-10H,2-7H2,1H3,(H2,25,26,29). The largest absolute Gasteiger partial charge is 0.465 e. The Morgan fingerprint density at radius 2 is 1.83 bits per heavy atom. The quantitative estimate of drug-likeness (QED) is 0.326. The highest BCUT2D eigenvalue weighted by molar-refractivity contribution is 7.80. The molecule has 0 amide bonds. The summed E-state index contributed by atoms with van der Waals surface area (Å²) in [5.41, 5.74) is -0.101. The van der Waals surface area contributed by atoms with Gasteiger partial charge in [-0.2, -0.15) is 13.2 Å². The lowest BCUT2D eigenvalue weighted by molar-refractivity contribution is -0.137. The van der Waals surface area contributed by atoms with Crippen molar-refractivity contribution in [1.29, 1.82) is 0 Å². The molecule has 1 aliphatic rings. The molecule has 0 saturated heterocycles. The van der Waals surface area contributed by atoms with E-state index in [1.807, 2.05) is 0 Å². The van der Waals surface area contributed by atoms with E-state index in [-0.39, 0.29) is 5.11 Å². The number of hydrogen-bond donors (Lipinski definition) is 2. The van der Waals surface area contributed by atoms with Crippen molar-refractivity contribution in [3.63, 3.8) is 0 Å². The highest BCUT2D eigenvalue weighted by Gasteiger charge is 2.31. The van der Waals surface area contributed by atoms with Gasteiger partial charge in [0.15, 0.2) is 5.11 Å². The van der Waals surface area contributed by atoms with Crippen molar-refractivity contribution in [2.75, 3.05) is 17.7 Å². The molecule has 0 unspecified atom stereocenters. The Hall–Kier alpha value is -2.20. The highest BCUT2D eigenvalue weighted by Crippen LogP contribution is 2.38. The van der Waals surface area contributed by atoms with E-state index in [0.717, 1.165) is 55.0 Å². The molecule has 0 atom stereocenters. The fraction of sp³-hybridized carbons (Fsp3) is 0.400. The van der Waals surface area contributed by atoms with E-state index < -0.39 is 29.2 Å². The normalized spacial score (nSPS) is 14.3. The smallest absolute Gasteiger partial charge is 0.416 e. The second-order valence-electron chi connectivity index (χ2n) is 6.89. The minimum Gasteiger partial charge on any atom is -0.465 e. The van der Waals surface area contributed by atoms with Crippen LogP contribution in [0.1, 0.15) is 52.0 Å². The molecular weight excluding hydrogens is 440 g/mol. The summed E-state index contributed by atoms with van der Waals surface area (Å²) >= 11 is 6.54. The predicted molar refractivity (Wildman–Crippen MR) is 113 cm³/mol. The molecule has 3 rings (SSSR count). The number of halogens is 4. The second kappa shape index (κ2) is 9.30. The van der Waals surface area contributed by atoms with E-state index in [4.69, 9.17) is 17.0 Å². The zero-order valence-corrected chi connectivity index (χ0v) is 17.8. The molecule has 0 aliphatic heterocycles. The van der Waals surface area contributed by atoms with E-state index in [2.05, 4.69) is 10.6 Å². The van der Waals surface area contributed by atoms with Crippen LogP contribution in [0.5, 0.6) is 0 Å². The van der Waals surface area contributed by atoms with Gasteiger partial charge in [0.1, 0.15) is 10.8 Å². The molecule has 1 heterocycles. The average Bonchev–Trinajstić information content (AvgIpc) is 2.98. The van der Waals surface area contributed by atoms with Crippen LogP contribution in [0.3, 0.4) is 0 Å². The summed E-state index contributed by atoms with van der Waals surface area (Å²) in [6.07, 6.45) is 1.10. The third-order valence-electron chi connectivity index (χ3n) is 4.83. The van der Waals surface area contributed by atoms with Crippen molar-refractivity contribution in [3.8, 4) is 0 Å². The number of carbonyl (C=O) groups is 1. The van der Waals surface area contributed by atoms with Crippen LogP contribution >= 0.6 is 23.6 Å². The van der Waals surface area contributed by atoms with Crippen molar-refractivity contribution >= 4 is 45.3 Å². The first-order chi connectivity index (χ1) is 14.2. The van der Waals surface area contributed by atoms with Crippen LogP contribution in [-0.2, 0) is 23.8 Å². The molecule has 0 fully saturated rings. The summed E-state index contributed by atoms with van der Waals surface area (Å²) in [6, 6.07) is 2.04. The molecule has 2 N–H and O–H groups in total. The molecule has 1 aromatic heterocycles. The molecule has 0 radical (unpaired) electrons. The molecule has 0 bridgehead atoms. The summed E-state index contributed by atoms with van der Waals surface area (Å²) in [5, 5.41) is 5.63. The van der Waals surface area contributed by atoms with E-state index in [0.29, 0.717) is 22.7 Å². The van der Waals surface area contributed by atoms with Crippen molar-refractivity contribution in [1.82, 2.24) is 0 Å². The molecular formula is C20H20F4N2O2S2. The summed E-state index contributed by atoms with van der Waals surface area (Å²) in [5.74, 6) is -1.39. The summed E-state index contributed by atoms with van der Waals surface area (Å²) in [6.45, 7) is 0. The second-order valence-corrected chi connectivity index (χ2v) is 8.40. The van der Waals surface area contributed by atoms with Gasteiger partial charge in [0, 0.05) is 4.88 Å². The predicted octanol–water partition coefficient (Wildman–Crippen LogP) is 6.16. The Morgan fingerprint density at radius 1 is 1.13 bits per heavy atom. The number of benzene rings is 1. The minimum absolute atomic E-state index is 0.118. The highest BCUT2D eigenvalue weighted by atomic mass is 32.1. The van der Waals surface area contributed by atoms with Gasteiger partial charge in [0.05, 0.1) is 23.9 Å². The first kappa shape index (κ1) is 22.5. The maximum absolute atomic E-state index is 14.0. The number of fused-ring (bicyclic) bond motifs is 1. The van der Waals surface area contributed by atoms with Crippen molar-refractivity contribution in [2.45, 2.75) is 44.7 Å². The molecule has 162 valence electrons. The number of carbonyl (C=O) groups excluding carboxylic acids is 1. The average molecular weight is 461 g/mol. The number of thiocarbonyl (C=S) groups is 1.